The van der Waals surface area contributed by atoms with E-state index < -0.39 is 0 Å². The van der Waals surface area contributed by atoms with Crippen molar-refractivity contribution >= 4 is 18.5 Å². The number of para-hydroxylation sites is 1. The molecular formula is C19H22N+. The third-order valence-electron chi connectivity index (χ3n) is 3.44. The summed E-state index contributed by atoms with van der Waals surface area (Å²) in [4.78, 5) is 0. The van der Waals surface area contributed by atoms with Crippen molar-refractivity contribution in [2.75, 3.05) is 0 Å². The van der Waals surface area contributed by atoms with Crippen LogP contribution < -0.4 is 0 Å². The van der Waals surface area contributed by atoms with Crippen LogP contribution in [0, 0.1) is 0 Å². The molecule has 1 nitrogen and oxygen atoms in total. The summed E-state index contributed by atoms with van der Waals surface area (Å²) in [5.41, 5.74) is 5.00. The summed E-state index contributed by atoms with van der Waals surface area (Å²) in [6, 6.07) is 17.0. The van der Waals surface area contributed by atoms with E-state index >= 15 is 0 Å². The van der Waals surface area contributed by atoms with Crippen molar-refractivity contribution in [3.05, 3.63) is 71.8 Å². The van der Waals surface area contributed by atoms with Crippen molar-refractivity contribution in [1.29, 1.82) is 0 Å². The monoisotopic (exact) mass is 264 g/mol. The quantitative estimate of drug-likeness (QED) is 0.519. The summed E-state index contributed by atoms with van der Waals surface area (Å²) >= 11 is 0. The Kier molecular flexibility index (Phi) is 4.89. The van der Waals surface area contributed by atoms with E-state index in [1.807, 2.05) is 6.08 Å². The van der Waals surface area contributed by atoms with Gasteiger partial charge in [-0.05, 0) is 12.0 Å². The highest BCUT2D eigenvalue weighted by molar-refractivity contribution is 5.47. The molecule has 0 bridgehead atoms. The molecule has 20 heavy (non-hydrogen) atoms. The van der Waals surface area contributed by atoms with E-state index in [0.717, 1.165) is 24.9 Å². The molecule has 1 heteroatoms. The maximum absolute atomic E-state index is 4.20. The van der Waals surface area contributed by atoms with Gasteiger partial charge in [-0.15, -0.1) is 0 Å². The molecule has 0 aliphatic carbocycles. The minimum atomic E-state index is 0.818. The van der Waals surface area contributed by atoms with Gasteiger partial charge < -0.3 is 0 Å². The Balaban J connectivity index is 2.16. The summed E-state index contributed by atoms with van der Waals surface area (Å²) in [6.45, 7) is 11.0. The predicted octanol–water partition coefficient (Wildman–Crippen LogP) is 4.83. The lowest BCUT2D eigenvalue weighted by Gasteiger charge is -2.07. The van der Waals surface area contributed by atoms with Gasteiger partial charge in [0.25, 0.3) is 0 Å². The first-order valence-corrected chi connectivity index (χ1v) is 7.12. The first kappa shape index (κ1) is 14.3. The highest BCUT2D eigenvalue weighted by atomic mass is 15.0. The van der Waals surface area contributed by atoms with Gasteiger partial charge in [0.1, 0.15) is 6.72 Å². The zero-order valence-corrected chi connectivity index (χ0v) is 12.2. The summed E-state index contributed by atoms with van der Waals surface area (Å²) in [5, 5.41) is 0. The van der Waals surface area contributed by atoms with E-state index in [9.17, 15) is 0 Å². The van der Waals surface area contributed by atoms with Crippen molar-refractivity contribution in [2.24, 2.45) is 0 Å². The summed E-state index contributed by atoms with van der Waals surface area (Å²) in [5.74, 6) is 0. The highest BCUT2D eigenvalue weighted by Gasteiger charge is 2.12. The van der Waals surface area contributed by atoms with E-state index in [2.05, 4.69) is 73.3 Å². The number of benzene rings is 2. The molecule has 2 aromatic rings. The van der Waals surface area contributed by atoms with Gasteiger partial charge in [0.05, 0.1) is 0 Å². The zero-order chi connectivity index (χ0) is 14.4. The zero-order valence-electron chi connectivity index (χ0n) is 12.2. The first-order valence-electron chi connectivity index (χ1n) is 7.12. The van der Waals surface area contributed by atoms with Gasteiger partial charge in [-0.1, -0.05) is 68.5 Å². The lowest BCUT2D eigenvalue weighted by molar-refractivity contribution is -0.449. The van der Waals surface area contributed by atoms with Gasteiger partial charge in [0, 0.05) is 17.2 Å². The van der Waals surface area contributed by atoms with Crippen LogP contribution in [0.4, 0.5) is 5.69 Å². The van der Waals surface area contributed by atoms with Crippen LogP contribution in [0.5, 0.6) is 0 Å². The lowest BCUT2D eigenvalue weighted by Crippen LogP contribution is -2.05. The molecule has 2 aromatic carbocycles. The van der Waals surface area contributed by atoms with Crippen LogP contribution in [0.2, 0.25) is 0 Å². The normalized spacial score (nSPS) is 10.2. The highest BCUT2D eigenvalue weighted by Crippen LogP contribution is 2.21. The number of aryl methyl sites for hydroxylation is 1. The standard InChI is InChI=1S/C19H22N/c1-4-8-18-9-6-7-10-19(18)20(3)15-17-13-11-16(5-2)12-14-17/h5-7,9-14H,2-4,8,15H2,1H3/q+1. The van der Waals surface area contributed by atoms with E-state index in [-0.39, 0.29) is 0 Å². The minimum absolute atomic E-state index is 0.818. The molecule has 0 aliphatic heterocycles. The lowest BCUT2D eigenvalue weighted by atomic mass is 10.1. The molecule has 0 fully saturated rings. The molecule has 0 aromatic heterocycles. The van der Waals surface area contributed by atoms with Crippen LogP contribution in [-0.4, -0.2) is 11.3 Å². The van der Waals surface area contributed by atoms with Gasteiger partial charge in [0.15, 0.2) is 6.54 Å². The molecule has 0 unspecified atom stereocenters. The van der Waals surface area contributed by atoms with E-state index in [1.165, 1.54) is 16.8 Å². The van der Waals surface area contributed by atoms with Crippen molar-refractivity contribution in [3.8, 4) is 0 Å². The Bertz CT molecular complexity index is 593. The molecule has 102 valence electrons. The molecular weight excluding hydrogens is 242 g/mol. The molecule has 0 heterocycles. The van der Waals surface area contributed by atoms with Gasteiger partial charge in [-0.2, -0.15) is 0 Å². The summed E-state index contributed by atoms with van der Waals surface area (Å²) in [7, 11) is 0. The maximum atomic E-state index is 4.20. The fraction of sp³-hybridized carbons (Fsp3) is 0.211. The van der Waals surface area contributed by atoms with Crippen LogP contribution in [-0.2, 0) is 13.0 Å². The van der Waals surface area contributed by atoms with Gasteiger partial charge >= 0.3 is 0 Å². The Hall–Kier alpha value is -2.15. The maximum Gasteiger partial charge on any atom is 0.208 e. The molecule has 0 atom stereocenters. The second kappa shape index (κ2) is 6.85. The van der Waals surface area contributed by atoms with Crippen LogP contribution in [0.15, 0.2) is 55.1 Å². The predicted molar refractivity (Wildman–Crippen MR) is 87.7 cm³/mol. The summed E-state index contributed by atoms with van der Waals surface area (Å²) in [6.07, 6.45) is 4.11. The van der Waals surface area contributed by atoms with Crippen LogP contribution in [0.25, 0.3) is 6.08 Å². The Morgan fingerprint density at radius 1 is 1.05 bits per heavy atom. The third-order valence-corrected chi connectivity index (χ3v) is 3.44. The molecule has 0 spiro atoms. The minimum Gasteiger partial charge on any atom is -0.201 e. The second-order valence-corrected chi connectivity index (χ2v) is 5.02. The average molecular weight is 264 g/mol. The SMILES string of the molecule is C=Cc1ccc(C[N+](=C)c2ccccc2CCC)cc1. The van der Waals surface area contributed by atoms with E-state index in [0.29, 0.717) is 0 Å². The summed E-state index contributed by atoms with van der Waals surface area (Å²) < 4.78 is 2.08. The molecule has 0 N–H and O–H groups in total. The number of nitrogens with zero attached hydrogens (tertiary/aromatic N) is 1. The molecule has 2 rings (SSSR count). The molecule has 0 aliphatic rings. The Labute approximate surface area is 121 Å². The molecule has 0 amide bonds. The third kappa shape index (κ3) is 3.45. The second-order valence-electron chi connectivity index (χ2n) is 5.02. The topological polar surface area (TPSA) is 3.01 Å². The molecule has 0 saturated carbocycles. The smallest absolute Gasteiger partial charge is 0.201 e. The van der Waals surface area contributed by atoms with Crippen LogP contribution in [0.3, 0.4) is 0 Å². The van der Waals surface area contributed by atoms with Crippen LogP contribution >= 0.6 is 0 Å². The van der Waals surface area contributed by atoms with Crippen LogP contribution in [0.1, 0.15) is 30.0 Å². The number of rotatable bonds is 6. The largest absolute Gasteiger partial charge is 0.208 e. The first-order chi connectivity index (χ1) is 9.74. The average Bonchev–Trinajstić information content (AvgIpc) is 2.49. The van der Waals surface area contributed by atoms with Crippen molar-refractivity contribution in [2.45, 2.75) is 26.3 Å². The Morgan fingerprint density at radius 2 is 1.75 bits per heavy atom. The number of hydrogen-bond donors (Lipinski definition) is 0. The van der Waals surface area contributed by atoms with E-state index in [1.54, 1.807) is 0 Å². The molecule has 0 saturated heterocycles. The van der Waals surface area contributed by atoms with Crippen molar-refractivity contribution in [1.82, 2.24) is 0 Å². The van der Waals surface area contributed by atoms with Gasteiger partial charge in [-0.3, -0.25) is 0 Å². The fourth-order valence-corrected chi connectivity index (χ4v) is 2.36. The van der Waals surface area contributed by atoms with Gasteiger partial charge in [0.2, 0.25) is 5.69 Å². The van der Waals surface area contributed by atoms with Crippen molar-refractivity contribution < 1.29 is 4.58 Å². The van der Waals surface area contributed by atoms with Gasteiger partial charge in [-0.25, -0.2) is 4.58 Å². The van der Waals surface area contributed by atoms with Crippen molar-refractivity contribution in [3.63, 3.8) is 0 Å². The molecule has 0 radical (unpaired) electrons. The van der Waals surface area contributed by atoms with E-state index in [4.69, 9.17) is 0 Å². The Morgan fingerprint density at radius 3 is 2.40 bits per heavy atom. The number of hydrogen-bond acceptors (Lipinski definition) is 0. The fourth-order valence-electron chi connectivity index (χ4n) is 2.36.